The van der Waals surface area contributed by atoms with Gasteiger partial charge in [0, 0.05) is 16.9 Å². The molecule has 11 heteroatoms. The molecule has 0 fully saturated rings. The zero-order chi connectivity index (χ0) is 22.5. The number of hydrogen-bond donors (Lipinski definition) is 3. The van der Waals surface area contributed by atoms with Crippen LogP contribution in [0.5, 0.6) is 0 Å². The lowest BCUT2D eigenvalue weighted by Crippen LogP contribution is -2.22. The van der Waals surface area contributed by atoms with E-state index in [4.69, 9.17) is 6.42 Å². The molecule has 0 spiro atoms. The van der Waals surface area contributed by atoms with Crippen LogP contribution in [0.25, 0.3) is 0 Å². The normalized spacial score (nSPS) is 11.4. The number of nitrogens with one attached hydrogen (secondary N) is 3. The molecule has 0 aliphatic heterocycles. The molecule has 5 nitrogen and oxygen atoms in total. The van der Waals surface area contributed by atoms with Crippen LogP contribution in [-0.4, -0.2) is 18.1 Å². The molecular formula is C19H13F6N3O2. The smallest absolute Gasteiger partial charge is 0.326 e. The van der Waals surface area contributed by atoms with Crippen molar-refractivity contribution >= 4 is 29.0 Å². The summed E-state index contributed by atoms with van der Waals surface area (Å²) in [6.07, 6.45) is -5.71. The third-order valence-corrected chi connectivity index (χ3v) is 3.52. The molecule has 0 atom stereocenters. The molecule has 0 bridgehead atoms. The number of benzene rings is 2. The molecule has 2 rings (SSSR count). The van der Waals surface area contributed by atoms with Gasteiger partial charge in [-0.05, 0) is 36.4 Å². The second-order valence-corrected chi connectivity index (χ2v) is 5.90. The van der Waals surface area contributed by atoms with Crippen molar-refractivity contribution in [1.82, 2.24) is 0 Å². The van der Waals surface area contributed by atoms with Crippen LogP contribution in [0.1, 0.15) is 17.5 Å². The highest BCUT2D eigenvalue weighted by molar-refractivity contribution is 6.01. The summed E-state index contributed by atoms with van der Waals surface area (Å²) in [5.41, 5.74) is -1.12. The molecular weight excluding hydrogens is 416 g/mol. The second kappa shape index (κ2) is 8.77. The van der Waals surface area contributed by atoms with Gasteiger partial charge in [0.25, 0.3) is 0 Å². The van der Waals surface area contributed by atoms with Crippen LogP contribution < -0.4 is 16.0 Å². The Kier molecular flexibility index (Phi) is 6.61. The maximum Gasteiger partial charge on any atom is 0.416 e. The van der Waals surface area contributed by atoms with E-state index >= 15 is 0 Å². The summed E-state index contributed by atoms with van der Waals surface area (Å²) in [6, 6.07) is 6.54. The van der Waals surface area contributed by atoms with E-state index in [9.17, 15) is 35.9 Å². The van der Waals surface area contributed by atoms with E-state index in [1.165, 1.54) is 18.2 Å². The quantitative estimate of drug-likeness (QED) is 0.461. The molecule has 158 valence electrons. The number of halogens is 6. The molecule has 0 aromatic heterocycles. The third kappa shape index (κ3) is 6.73. The molecule has 2 aromatic rings. The summed E-state index contributed by atoms with van der Waals surface area (Å²) in [6.45, 7) is 0. The van der Waals surface area contributed by atoms with Crippen LogP contribution in [0, 0.1) is 12.3 Å². The second-order valence-electron chi connectivity index (χ2n) is 5.90. The molecule has 3 amide bonds. The Balaban J connectivity index is 2.14. The summed E-state index contributed by atoms with van der Waals surface area (Å²) >= 11 is 0. The number of anilines is 3. The first-order valence-corrected chi connectivity index (χ1v) is 8.10. The largest absolute Gasteiger partial charge is 0.416 e. The number of alkyl halides is 6. The van der Waals surface area contributed by atoms with Gasteiger partial charge in [-0.25, -0.2) is 4.79 Å². The van der Waals surface area contributed by atoms with Gasteiger partial charge in [-0.1, -0.05) is 12.0 Å². The van der Waals surface area contributed by atoms with Gasteiger partial charge in [-0.2, -0.15) is 26.3 Å². The lowest BCUT2D eigenvalue weighted by molar-refractivity contribution is -0.150. The average molecular weight is 429 g/mol. The van der Waals surface area contributed by atoms with E-state index in [1.807, 2.05) is 5.32 Å². The Morgan fingerprint density at radius 1 is 0.900 bits per heavy atom. The molecule has 0 aliphatic rings. The van der Waals surface area contributed by atoms with Crippen molar-refractivity contribution in [3.05, 3.63) is 53.6 Å². The first-order valence-electron chi connectivity index (χ1n) is 8.10. The number of terminal acetylenes is 1. The van der Waals surface area contributed by atoms with Gasteiger partial charge in [-0.3, -0.25) is 4.79 Å². The average Bonchev–Trinajstić information content (AvgIpc) is 2.59. The van der Waals surface area contributed by atoms with E-state index in [1.54, 1.807) is 0 Å². The fourth-order valence-electron chi connectivity index (χ4n) is 2.30. The monoisotopic (exact) mass is 429 g/mol. The van der Waals surface area contributed by atoms with Gasteiger partial charge in [0.15, 0.2) is 0 Å². The summed E-state index contributed by atoms with van der Waals surface area (Å²) < 4.78 is 75.0. The van der Waals surface area contributed by atoms with Gasteiger partial charge >= 0.3 is 18.4 Å². The first kappa shape index (κ1) is 22.6. The number of carbonyl (C=O) groups is 2. The van der Waals surface area contributed by atoms with E-state index in [-0.39, 0.29) is 22.6 Å². The van der Waals surface area contributed by atoms with Gasteiger partial charge in [0.2, 0.25) is 5.91 Å². The number of urea groups is 1. The Hall–Kier alpha value is -3.68. The SMILES string of the molecule is C#Cc1ccc(NC(=O)CC(F)(F)F)cc1NC(=O)Nc1cccc(C(F)(F)F)c1. The van der Waals surface area contributed by atoms with Crippen molar-refractivity contribution in [2.24, 2.45) is 0 Å². The zero-order valence-corrected chi connectivity index (χ0v) is 14.9. The fourth-order valence-corrected chi connectivity index (χ4v) is 2.30. The molecule has 2 aromatic carbocycles. The Morgan fingerprint density at radius 3 is 2.17 bits per heavy atom. The van der Waals surface area contributed by atoms with E-state index in [2.05, 4.69) is 16.6 Å². The van der Waals surface area contributed by atoms with Gasteiger partial charge in [0.05, 0.1) is 11.3 Å². The molecule has 0 saturated carbocycles. The third-order valence-electron chi connectivity index (χ3n) is 3.52. The highest BCUT2D eigenvalue weighted by Gasteiger charge is 2.31. The highest BCUT2D eigenvalue weighted by Crippen LogP contribution is 2.31. The van der Waals surface area contributed by atoms with Crippen LogP contribution >= 0.6 is 0 Å². The summed E-state index contributed by atoms with van der Waals surface area (Å²) in [5, 5.41) is 6.49. The van der Waals surface area contributed by atoms with E-state index < -0.39 is 36.3 Å². The van der Waals surface area contributed by atoms with Crippen LogP contribution in [0.2, 0.25) is 0 Å². The minimum absolute atomic E-state index is 0.0493. The molecule has 0 radical (unpaired) electrons. The topological polar surface area (TPSA) is 70.2 Å². The van der Waals surface area contributed by atoms with Crippen molar-refractivity contribution in [3.8, 4) is 12.3 Å². The molecule has 0 heterocycles. The molecule has 0 aliphatic carbocycles. The van der Waals surface area contributed by atoms with Gasteiger partial charge < -0.3 is 16.0 Å². The minimum Gasteiger partial charge on any atom is -0.326 e. The maximum absolute atomic E-state index is 12.7. The summed E-state index contributed by atoms with van der Waals surface area (Å²) in [4.78, 5) is 23.5. The number of carbonyl (C=O) groups excluding carboxylic acids is 2. The fraction of sp³-hybridized carbons (Fsp3) is 0.158. The van der Waals surface area contributed by atoms with Crippen molar-refractivity contribution in [1.29, 1.82) is 0 Å². The lowest BCUT2D eigenvalue weighted by atomic mass is 10.1. The van der Waals surface area contributed by atoms with Crippen LogP contribution in [0.3, 0.4) is 0 Å². The van der Waals surface area contributed by atoms with Crippen molar-refractivity contribution in [3.63, 3.8) is 0 Å². The Morgan fingerprint density at radius 2 is 1.57 bits per heavy atom. The van der Waals surface area contributed by atoms with Crippen LogP contribution in [0.15, 0.2) is 42.5 Å². The standard InChI is InChI=1S/C19H13F6N3O2/c1-2-11-6-7-14(26-16(29)10-18(20,21)22)9-15(11)28-17(30)27-13-5-3-4-12(8-13)19(23,24)25/h1,3-9H,10H2,(H,26,29)(H2,27,28,30). The summed E-state index contributed by atoms with van der Waals surface area (Å²) in [5.74, 6) is 0.905. The van der Waals surface area contributed by atoms with Gasteiger partial charge in [-0.15, -0.1) is 6.42 Å². The minimum atomic E-state index is -4.70. The zero-order valence-electron chi connectivity index (χ0n) is 14.9. The predicted molar refractivity (Wildman–Crippen MR) is 97.8 cm³/mol. The predicted octanol–water partition coefficient (Wildman–Crippen LogP) is 5.22. The number of rotatable bonds is 4. The highest BCUT2D eigenvalue weighted by atomic mass is 19.4. The van der Waals surface area contributed by atoms with Crippen molar-refractivity contribution in [2.75, 3.05) is 16.0 Å². The maximum atomic E-state index is 12.7. The van der Waals surface area contributed by atoms with Gasteiger partial charge in [0.1, 0.15) is 6.42 Å². The Labute approximate surface area is 166 Å². The summed E-state index contributed by atoms with van der Waals surface area (Å²) in [7, 11) is 0. The first-order chi connectivity index (χ1) is 13.9. The number of hydrogen-bond acceptors (Lipinski definition) is 2. The Bertz CT molecular complexity index is 993. The van der Waals surface area contributed by atoms with E-state index in [0.717, 1.165) is 24.3 Å². The number of amides is 3. The lowest BCUT2D eigenvalue weighted by Gasteiger charge is -2.13. The van der Waals surface area contributed by atoms with Crippen LogP contribution in [0.4, 0.5) is 48.2 Å². The van der Waals surface area contributed by atoms with E-state index in [0.29, 0.717) is 0 Å². The molecule has 30 heavy (non-hydrogen) atoms. The van der Waals surface area contributed by atoms with Crippen LogP contribution in [-0.2, 0) is 11.0 Å². The van der Waals surface area contributed by atoms with Crippen molar-refractivity contribution < 1.29 is 35.9 Å². The van der Waals surface area contributed by atoms with Crippen molar-refractivity contribution in [2.45, 2.75) is 18.8 Å². The molecule has 3 N–H and O–H groups in total. The molecule has 0 saturated heterocycles. The molecule has 0 unspecified atom stereocenters.